The third-order valence-electron chi connectivity index (χ3n) is 3.98. The first kappa shape index (κ1) is 20.5. The van der Waals surface area contributed by atoms with Crippen molar-refractivity contribution in [2.45, 2.75) is 25.2 Å². The third-order valence-corrected chi connectivity index (χ3v) is 4.94. The van der Waals surface area contributed by atoms with Gasteiger partial charge in [0.05, 0.1) is 31.4 Å². The molecule has 0 aliphatic rings. The van der Waals surface area contributed by atoms with E-state index in [0.29, 0.717) is 29.0 Å². The van der Waals surface area contributed by atoms with Crippen LogP contribution in [-0.2, 0) is 17.9 Å². The molecule has 0 radical (unpaired) electrons. The second-order valence-electron chi connectivity index (χ2n) is 5.84. The van der Waals surface area contributed by atoms with Crippen molar-refractivity contribution in [1.29, 1.82) is 0 Å². The molecule has 29 heavy (non-hydrogen) atoms. The van der Waals surface area contributed by atoms with Crippen molar-refractivity contribution < 1.29 is 18.7 Å². The summed E-state index contributed by atoms with van der Waals surface area (Å²) in [6, 6.07) is 10.4. The SMILES string of the molecule is CCn1c(CNC(=O)c2ccco2)nnc1SCC(=O)Nc1ccccc1OC. The largest absolute Gasteiger partial charge is 0.495 e. The number of carbonyl (C=O) groups excluding carboxylic acids is 2. The minimum atomic E-state index is -0.328. The Morgan fingerprint density at radius 2 is 2.03 bits per heavy atom. The zero-order chi connectivity index (χ0) is 20.6. The van der Waals surface area contributed by atoms with Gasteiger partial charge in [0.2, 0.25) is 5.91 Å². The van der Waals surface area contributed by atoms with Crippen LogP contribution in [0.3, 0.4) is 0 Å². The molecular weight excluding hydrogens is 394 g/mol. The van der Waals surface area contributed by atoms with E-state index in [-0.39, 0.29) is 29.9 Å². The number of ether oxygens (including phenoxy) is 1. The van der Waals surface area contributed by atoms with Gasteiger partial charge in [-0.1, -0.05) is 23.9 Å². The highest BCUT2D eigenvalue weighted by atomic mass is 32.2. The van der Waals surface area contributed by atoms with E-state index in [9.17, 15) is 9.59 Å². The highest BCUT2D eigenvalue weighted by Gasteiger charge is 2.15. The predicted octanol–water partition coefficient (Wildman–Crippen LogP) is 2.56. The number of amides is 2. The number of hydrogen-bond acceptors (Lipinski definition) is 7. The van der Waals surface area contributed by atoms with E-state index >= 15 is 0 Å². The van der Waals surface area contributed by atoms with Crippen molar-refractivity contribution in [2.24, 2.45) is 0 Å². The second-order valence-corrected chi connectivity index (χ2v) is 6.78. The smallest absolute Gasteiger partial charge is 0.287 e. The Morgan fingerprint density at radius 3 is 2.76 bits per heavy atom. The Labute approximate surface area is 171 Å². The molecule has 152 valence electrons. The summed E-state index contributed by atoms with van der Waals surface area (Å²) in [6.45, 7) is 2.75. The molecule has 3 rings (SSSR count). The van der Waals surface area contributed by atoms with Crippen LogP contribution in [0, 0.1) is 0 Å². The molecule has 0 aliphatic heterocycles. The summed E-state index contributed by atoms with van der Waals surface area (Å²) < 4.78 is 12.1. The minimum Gasteiger partial charge on any atom is -0.495 e. The molecule has 10 heteroatoms. The normalized spacial score (nSPS) is 10.6. The minimum absolute atomic E-state index is 0.162. The zero-order valence-corrected chi connectivity index (χ0v) is 16.9. The van der Waals surface area contributed by atoms with Crippen LogP contribution in [-0.4, -0.2) is 39.4 Å². The lowest BCUT2D eigenvalue weighted by Gasteiger charge is -2.10. The Morgan fingerprint density at radius 1 is 1.21 bits per heavy atom. The van der Waals surface area contributed by atoms with Gasteiger partial charge in [-0.2, -0.15) is 0 Å². The van der Waals surface area contributed by atoms with Crippen molar-refractivity contribution >= 4 is 29.3 Å². The number of anilines is 1. The van der Waals surface area contributed by atoms with E-state index in [1.165, 1.54) is 18.0 Å². The molecule has 2 heterocycles. The van der Waals surface area contributed by atoms with Gasteiger partial charge in [0.1, 0.15) is 5.75 Å². The van der Waals surface area contributed by atoms with Gasteiger partial charge in [-0.3, -0.25) is 9.59 Å². The van der Waals surface area contributed by atoms with Crippen LogP contribution in [0.15, 0.2) is 52.2 Å². The predicted molar refractivity (Wildman–Crippen MR) is 108 cm³/mol. The standard InChI is InChI=1S/C19H21N5O4S/c1-3-24-16(11-20-18(26)15-9-6-10-28-15)22-23-19(24)29-12-17(25)21-13-7-4-5-8-14(13)27-2/h4-10H,3,11-12H2,1-2H3,(H,20,26)(H,21,25). The molecule has 2 amide bonds. The molecule has 0 saturated carbocycles. The number of methoxy groups -OCH3 is 1. The zero-order valence-electron chi connectivity index (χ0n) is 16.0. The number of hydrogen-bond donors (Lipinski definition) is 2. The molecule has 0 bridgehead atoms. The molecule has 1 aromatic carbocycles. The lowest BCUT2D eigenvalue weighted by atomic mass is 10.3. The first-order valence-corrected chi connectivity index (χ1v) is 9.90. The van der Waals surface area contributed by atoms with Gasteiger partial charge in [0, 0.05) is 6.54 Å². The maximum Gasteiger partial charge on any atom is 0.287 e. The van der Waals surface area contributed by atoms with E-state index in [1.54, 1.807) is 31.4 Å². The van der Waals surface area contributed by atoms with Crippen LogP contribution in [0.5, 0.6) is 5.75 Å². The fourth-order valence-electron chi connectivity index (χ4n) is 2.59. The molecule has 0 atom stereocenters. The van der Waals surface area contributed by atoms with Crippen LogP contribution < -0.4 is 15.4 Å². The molecule has 9 nitrogen and oxygen atoms in total. The van der Waals surface area contributed by atoms with Crippen molar-refractivity contribution in [3.8, 4) is 5.75 Å². The van der Waals surface area contributed by atoms with Gasteiger partial charge < -0.3 is 24.4 Å². The second kappa shape index (κ2) is 9.78. The van der Waals surface area contributed by atoms with Gasteiger partial charge in [0.15, 0.2) is 16.7 Å². The maximum absolute atomic E-state index is 12.3. The number of benzene rings is 1. The summed E-state index contributed by atoms with van der Waals surface area (Å²) in [5, 5.41) is 14.4. The van der Waals surface area contributed by atoms with Crippen molar-refractivity contribution in [2.75, 3.05) is 18.2 Å². The lowest BCUT2D eigenvalue weighted by Crippen LogP contribution is -2.24. The molecule has 0 spiro atoms. The highest BCUT2D eigenvalue weighted by Crippen LogP contribution is 2.24. The number of carbonyl (C=O) groups is 2. The third kappa shape index (κ3) is 5.17. The van der Waals surface area contributed by atoms with Crippen molar-refractivity contribution in [1.82, 2.24) is 20.1 Å². The number of para-hydroxylation sites is 2. The first-order valence-electron chi connectivity index (χ1n) is 8.91. The molecule has 0 unspecified atom stereocenters. The number of furan rings is 1. The number of nitrogens with one attached hydrogen (secondary N) is 2. The fourth-order valence-corrected chi connectivity index (χ4v) is 3.41. The van der Waals surface area contributed by atoms with Crippen LogP contribution in [0.1, 0.15) is 23.3 Å². The van der Waals surface area contributed by atoms with E-state index in [1.807, 2.05) is 23.6 Å². The van der Waals surface area contributed by atoms with Gasteiger partial charge in [-0.15, -0.1) is 10.2 Å². The number of nitrogens with zero attached hydrogens (tertiary/aromatic N) is 3. The molecule has 2 aromatic heterocycles. The summed E-state index contributed by atoms with van der Waals surface area (Å²) in [5.41, 5.74) is 0.610. The lowest BCUT2D eigenvalue weighted by molar-refractivity contribution is -0.113. The quantitative estimate of drug-likeness (QED) is 0.517. The number of aromatic nitrogens is 3. The molecule has 0 saturated heterocycles. The summed E-state index contributed by atoms with van der Waals surface area (Å²) in [6.07, 6.45) is 1.44. The number of thioether (sulfide) groups is 1. The maximum atomic E-state index is 12.3. The molecule has 2 N–H and O–H groups in total. The highest BCUT2D eigenvalue weighted by molar-refractivity contribution is 7.99. The Bertz CT molecular complexity index is 971. The Kier molecular flexibility index (Phi) is 6.90. The Balaban J connectivity index is 1.57. The summed E-state index contributed by atoms with van der Waals surface area (Å²) >= 11 is 1.27. The van der Waals surface area contributed by atoms with Crippen LogP contribution in [0.25, 0.3) is 0 Å². The molecule has 0 fully saturated rings. The topological polar surface area (TPSA) is 111 Å². The van der Waals surface area contributed by atoms with Gasteiger partial charge in [-0.25, -0.2) is 0 Å². The Hall–Kier alpha value is -3.27. The van der Waals surface area contributed by atoms with Crippen molar-refractivity contribution in [3.05, 3.63) is 54.2 Å². The fraction of sp³-hybridized carbons (Fsp3) is 0.263. The number of rotatable bonds is 9. The summed E-state index contributed by atoms with van der Waals surface area (Å²) in [4.78, 5) is 24.3. The van der Waals surface area contributed by atoms with Crippen LogP contribution in [0.2, 0.25) is 0 Å². The molecule has 0 aliphatic carbocycles. The molecule has 3 aromatic rings. The van der Waals surface area contributed by atoms with Crippen LogP contribution in [0.4, 0.5) is 5.69 Å². The first-order chi connectivity index (χ1) is 14.1. The van der Waals surface area contributed by atoms with E-state index in [0.717, 1.165) is 0 Å². The van der Waals surface area contributed by atoms with Crippen molar-refractivity contribution in [3.63, 3.8) is 0 Å². The van der Waals surface area contributed by atoms with Gasteiger partial charge >= 0.3 is 0 Å². The average molecular weight is 415 g/mol. The van der Waals surface area contributed by atoms with Crippen LogP contribution >= 0.6 is 11.8 Å². The average Bonchev–Trinajstić information content (AvgIpc) is 3.40. The van der Waals surface area contributed by atoms with E-state index in [2.05, 4.69) is 20.8 Å². The van der Waals surface area contributed by atoms with Gasteiger partial charge in [0.25, 0.3) is 5.91 Å². The summed E-state index contributed by atoms with van der Waals surface area (Å²) in [7, 11) is 1.55. The van der Waals surface area contributed by atoms with E-state index in [4.69, 9.17) is 9.15 Å². The van der Waals surface area contributed by atoms with Gasteiger partial charge in [-0.05, 0) is 31.2 Å². The monoisotopic (exact) mass is 415 g/mol. The van der Waals surface area contributed by atoms with E-state index < -0.39 is 0 Å². The summed E-state index contributed by atoms with van der Waals surface area (Å²) in [5.74, 6) is 1.07. The molecular formula is C19H21N5O4S.